The smallest absolute Gasteiger partial charge is 0.231 e. The van der Waals surface area contributed by atoms with E-state index in [2.05, 4.69) is 6.07 Å². The predicted molar refractivity (Wildman–Crippen MR) is 53.6 cm³/mol. The summed E-state index contributed by atoms with van der Waals surface area (Å²) in [6.45, 7) is 0.291. The van der Waals surface area contributed by atoms with Crippen LogP contribution >= 0.6 is 0 Å². The Morgan fingerprint density at radius 1 is 1.27 bits per heavy atom. The number of nitriles is 1. The van der Waals surface area contributed by atoms with Crippen molar-refractivity contribution in [2.24, 2.45) is 5.92 Å². The maximum Gasteiger partial charge on any atom is 0.231 e. The predicted octanol–water partition coefficient (Wildman–Crippen LogP) is 2.43. The molecule has 3 nitrogen and oxygen atoms in total. The van der Waals surface area contributed by atoms with Crippen LogP contribution in [0.25, 0.3) is 0 Å². The van der Waals surface area contributed by atoms with E-state index >= 15 is 0 Å². The zero-order chi connectivity index (χ0) is 10.3. The van der Waals surface area contributed by atoms with Gasteiger partial charge in [-0.3, -0.25) is 0 Å². The highest BCUT2D eigenvalue weighted by atomic mass is 16.7. The largest absolute Gasteiger partial charge is 0.454 e. The molecule has 0 radical (unpaired) electrons. The van der Waals surface area contributed by atoms with Crippen molar-refractivity contribution in [2.75, 3.05) is 6.79 Å². The zero-order valence-corrected chi connectivity index (χ0v) is 8.27. The normalized spacial score (nSPS) is 19.7. The Morgan fingerprint density at radius 2 is 2.07 bits per heavy atom. The van der Waals surface area contributed by atoms with Crippen LogP contribution in [0.1, 0.15) is 24.3 Å². The molecule has 1 aliphatic heterocycles. The third-order valence-electron chi connectivity index (χ3n) is 2.99. The summed E-state index contributed by atoms with van der Waals surface area (Å²) in [6.07, 6.45) is 2.35. The first-order valence-corrected chi connectivity index (χ1v) is 5.17. The minimum absolute atomic E-state index is 0.0273. The van der Waals surface area contributed by atoms with Gasteiger partial charge in [-0.05, 0) is 36.5 Å². The lowest BCUT2D eigenvalue weighted by Crippen LogP contribution is -1.97. The van der Waals surface area contributed by atoms with Crippen molar-refractivity contribution in [3.8, 4) is 17.6 Å². The van der Waals surface area contributed by atoms with Crippen molar-refractivity contribution in [1.29, 1.82) is 5.26 Å². The second kappa shape index (κ2) is 3.16. The highest BCUT2D eigenvalue weighted by molar-refractivity contribution is 5.46. The van der Waals surface area contributed by atoms with E-state index in [9.17, 15) is 0 Å². The molecule has 1 aromatic carbocycles. The van der Waals surface area contributed by atoms with Gasteiger partial charge >= 0.3 is 0 Å². The fourth-order valence-electron chi connectivity index (χ4n) is 1.99. The standard InChI is InChI=1S/C12H11NO2/c13-6-10(8-1-2-8)9-3-4-11-12(5-9)15-7-14-11/h3-5,8,10H,1-2,7H2. The van der Waals surface area contributed by atoms with Crippen molar-refractivity contribution in [1.82, 2.24) is 0 Å². The minimum atomic E-state index is 0.0273. The number of rotatable bonds is 2. The quantitative estimate of drug-likeness (QED) is 0.738. The first kappa shape index (κ1) is 8.60. The Kier molecular flexibility index (Phi) is 1.81. The minimum Gasteiger partial charge on any atom is -0.454 e. The van der Waals surface area contributed by atoms with Crippen LogP contribution in [0, 0.1) is 17.2 Å². The van der Waals surface area contributed by atoms with E-state index < -0.39 is 0 Å². The first-order chi connectivity index (χ1) is 7.38. The SMILES string of the molecule is N#CC(c1ccc2c(c1)OCO2)C1CC1. The molecule has 1 unspecified atom stereocenters. The van der Waals surface area contributed by atoms with E-state index in [0.29, 0.717) is 12.7 Å². The van der Waals surface area contributed by atoms with E-state index in [0.717, 1.165) is 17.1 Å². The molecule has 1 fully saturated rings. The van der Waals surface area contributed by atoms with Gasteiger partial charge in [-0.1, -0.05) is 6.07 Å². The molecular formula is C12H11NO2. The van der Waals surface area contributed by atoms with Gasteiger partial charge in [-0.15, -0.1) is 0 Å². The molecule has 0 aromatic heterocycles. The van der Waals surface area contributed by atoms with Gasteiger partial charge in [-0.25, -0.2) is 0 Å². The second-order valence-corrected chi connectivity index (χ2v) is 4.06. The lowest BCUT2D eigenvalue weighted by atomic mass is 9.95. The van der Waals surface area contributed by atoms with Crippen LogP contribution in [0.4, 0.5) is 0 Å². The van der Waals surface area contributed by atoms with Gasteiger partial charge in [-0.2, -0.15) is 5.26 Å². The van der Waals surface area contributed by atoms with Gasteiger partial charge < -0.3 is 9.47 Å². The van der Waals surface area contributed by atoms with Gasteiger partial charge in [0, 0.05) is 0 Å². The molecule has 76 valence electrons. The lowest BCUT2D eigenvalue weighted by molar-refractivity contribution is 0.174. The molecular weight excluding hydrogens is 190 g/mol. The molecule has 0 amide bonds. The summed E-state index contributed by atoms with van der Waals surface area (Å²) in [5, 5.41) is 9.12. The van der Waals surface area contributed by atoms with Crippen molar-refractivity contribution in [3.05, 3.63) is 23.8 Å². The third-order valence-corrected chi connectivity index (χ3v) is 2.99. The number of fused-ring (bicyclic) bond motifs is 1. The second-order valence-electron chi connectivity index (χ2n) is 4.06. The van der Waals surface area contributed by atoms with Crippen LogP contribution in [0.5, 0.6) is 11.5 Å². The third kappa shape index (κ3) is 1.42. The Hall–Kier alpha value is -1.69. The maximum absolute atomic E-state index is 9.12. The van der Waals surface area contributed by atoms with Crippen LogP contribution in [0.3, 0.4) is 0 Å². The average molecular weight is 201 g/mol. The average Bonchev–Trinajstić information content (AvgIpc) is 2.97. The van der Waals surface area contributed by atoms with Crippen molar-refractivity contribution in [2.45, 2.75) is 18.8 Å². The number of hydrogen-bond donors (Lipinski definition) is 0. The van der Waals surface area contributed by atoms with Gasteiger partial charge in [0.25, 0.3) is 0 Å². The molecule has 0 bridgehead atoms. The van der Waals surface area contributed by atoms with Crippen molar-refractivity contribution < 1.29 is 9.47 Å². The van der Waals surface area contributed by atoms with E-state index in [4.69, 9.17) is 14.7 Å². The molecule has 1 aliphatic carbocycles. The highest BCUT2D eigenvalue weighted by Crippen LogP contribution is 2.44. The number of benzene rings is 1. The highest BCUT2D eigenvalue weighted by Gasteiger charge is 2.33. The molecule has 1 aromatic rings. The Morgan fingerprint density at radius 3 is 2.80 bits per heavy atom. The molecule has 3 rings (SSSR count). The Balaban J connectivity index is 1.95. The van der Waals surface area contributed by atoms with E-state index in [1.165, 1.54) is 12.8 Å². The van der Waals surface area contributed by atoms with Gasteiger partial charge in [0.2, 0.25) is 6.79 Å². The first-order valence-electron chi connectivity index (χ1n) is 5.17. The van der Waals surface area contributed by atoms with Crippen LogP contribution in [0.2, 0.25) is 0 Å². The summed E-state index contributed by atoms with van der Waals surface area (Å²) >= 11 is 0. The van der Waals surface area contributed by atoms with Gasteiger partial charge in [0.05, 0.1) is 12.0 Å². The zero-order valence-electron chi connectivity index (χ0n) is 8.27. The number of ether oxygens (including phenoxy) is 2. The van der Waals surface area contributed by atoms with Crippen LogP contribution < -0.4 is 9.47 Å². The molecule has 0 saturated heterocycles. The summed E-state index contributed by atoms with van der Waals surface area (Å²) in [6, 6.07) is 8.18. The molecule has 1 saturated carbocycles. The maximum atomic E-state index is 9.12. The van der Waals surface area contributed by atoms with E-state index in [-0.39, 0.29) is 5.92 Å². The van der Waals surface area contributed by atoms with Crippen LogP contribution in [-0.2, 0) is 0 Å². The summed E-state index contributed by atoms with van der Waals surface area (Å²) in [7, 11) is 0. The van der Waals surface area contributed by atoms with Gasteiger partial charge in [0.15, 0.2) is 11.5 Å². The van der Waals surface area contributed by atoms with E-state index in [1.54, 1.807) is 0 Å². The summed E-state index contributed by atoms with van der Waals surface area (Å²) in [5.74, 6) is 2.13. The fraction of sp³-hybridized carbons (Fsp3) is 0.417. The summed E-state index contributed by atoms with van der Waals surface area (Å²) < 4.78 is 10.5. The number of hydrogen-bond acceptors (Lipinski definition) is 3. The summed E-state index contributed by atoms with van der Waals surface area (Å²) in [5.41, 5.74) is 1.06. The van der Waals surface area contributed by atoms with Gasteiger partial charge in [0.1, 0.15) is 0 Å². The fourth-order valence-corrected chi connectivity index (χ4v) is 1.99. The van der Waals surface area contributed by atoms with Crippen molar-refractivity contribution in [3.63, 3.8) is 0 Å². The lowest BCUT2D eigenvalue weighted by Gasteiger charge is -2.08. The Labute approximate surface area is 88.2 Å². The van der Waals surface area contributed by atoms with Crippen LogP contribution in [0.15, 0.2) is 18.2 Å². The monoisotopic (exact) mass is 201 g/mol. The molecule has 0 spiro atoms. The molecule has 2 aliphatic rings. The molecule has 3 heteroatoms. The van der Waals surface area contributed by atoms with Crippen molar-refractivity contribution >= 4 is 0 Å². The Bertz CT molecular complexity index is 432. The molecule has 0 N–H and O–H groups in total. The van der Waals surface area contributed by atoms with Crippen LogP contribution in [-0.4, -0.2) is 6.79 Å². The summed E-state index contributed by atoms with van der Waals surface area (Å²) in [4.78, 5) is 0. The molecule has 15 heavy (non-hydrogen) atoms. The number of nitrogens with zero attached hydrogens (tertiary/aromatic N) is 1. The molecule has 1 atom stereocenters. The van der Waals surface area contributed by atoms with E-state index in [1.807, 2.05) is 18.2 Å². The molecule has 1 heterocycles. The topological polar surface area (TPSA) is 42.2 Å².